The van der Waals surface area contributed by atoms with Crippen LogP contribution in [0.4, 0.5) is 4.39 Å². The highest BCUT2D eigenvalue weighted by Gasteiger charge is 2.05. The van der Waals surface area contributed by atoms with E-state index in [1.54, 1.807) is 24.3 Å². The number of hydrogen-bond acceptors (Lipinski definition) is 3. The van der Waals surface area contributed by atoms with Crippen molar-refractivity contribution in [3.8, 4) is 11.5 Å². The van der Waals surface area contributed by atoms with Crippen LogP contribution in [0.25, 0.3) is 23.6 Å². The first-order valence-corrected chi connectivity index (χ1v) is 6.14. The lowest BCUT2D eigenvalue weighted by atomic mass is 10.2. The highest BCUT2D eigenvalue weighted by atomic mass is 19.1. The Bertz CT molecular complexity index is 718. The Hall–Kier alpha value is -2.75. The van der Waals surface area contributed by atoms with Crippen molar-refractivity contribution in [2.75, 3.05) is 0 Å². The zero-order valence-electron chi connectivity index (χ0n) is 10.5. The van der Waals surface area contributed by atoms with Crippen LogP contribution in [0.15, 0.2) is 59.0 Å². The molecule has 0 saturated carbocycles. The van der Waals surface area contributed by atoms with Crippen LogP contribution in [0, 0.1) is 5.82 Å². The maximum atomic E-state index is 12.8. The van der Waals surface area contributed by atoms with Crippen LogP contribution in [0.3, 0.4) is 0 Å². The van der Waals surface area contributed by atoms with E-state index in [0.29, 0.717) is 11.8 Å². The predicted molar refractivity (Wildman–Crippen MR) is 75.1 cm³/mol. The molecule has 0 bridgehead atoms. The Balaban J connectivity index is 1.79. The summed E-state index contributed by atoms with van der Waals surface area (Å²) in [4.78, 5) is 0. The fourth-order valence-electron chi connectivity index (χ4n) is 1.74. The maximum absolute atomic E-state index is 12.8. The van der Waals surface area contributed by atoms with Crippen molar-refractivity contribution < 1.29 is 8.81 Å². The minimum absolute atomic E-state index is 0.258. The molecule has 2 aromatic carbocycles. The number of halogens is 1. The van der Waals surface area contributed by atoms with Gasteiger partial charge < -0.3 is 4.42 Å². The van der Waals surface area contributed by atoms with E-state index in [-0.39, 0.29) is 5.82 Å². The van der Waals surface area contributed by atoms with Gasteiger partial charge in [0.05, 0.1) is 0 Å². The van der Waals surface area contributed by atoms with E-state index in [1.165, 1.54) is 12.1 Å². The Morgan fingerprint density at radius 2 is 1.60 bits per heavy atom. The van der Waals surface area contributed by atoms with Crippen molar-refractivity contribution in [1.82, 2.24) is 10.2 Å². The van der Waals surface area contributed by atoms with E-state index in [9.17, 15) is 4.39 Å². The lowest BCUT2D eigenvalue weighted by Gasteiger charge is -1.92. The summed E-state index contributed by atoms with van der Waals surface area (Å²) in [5.74, 6) is 0.629. The largest absolute Gasteiger partial charge is 0.417 e. The van der Waals surface area contributed by atoms with Gasteiger partial charge in [-0.3, -0.25) is 0 Å². The molecule has 0 fully saturated rings. The Kier molecular flexibility index (Phi) is 3.37. The third-order valence-electron chi connectivity index (χ3n) is 2.75. The van der Waals surface area contributed by atoms with Gasteiger partial charge in [0.15, 0.2) is 0 Å². The molecular weight excluding hydrogens is 255 g/mol. The van der Waals surface area contributed by atoms with Gasteiger partial charge in [-0.2, -0.15) is 0 Å². The Labute approximate surface area is 115 Å². The van der Waals surface area contributed by atoms with E-state index in [2.05, 4.69) is 10.2 Å². The molecule has 1 aromatic heterocycles. The SMILES string of the molecule is Fc1ccc(/C=C/c2nnc(-c3ccccc3)o2)cc1. The summed E-state index contributed by atoms with van der Waals surface area (Å²) in [5, 5.41) is 7.93. The van der Waals surface area contributed by atoms with E-state index in [4.69, 9.17) is 4.42 Å². The minimum Gasteiger partial charge on any atom is -0.417 e. The van der Waals surface area contributed by atoms with Crippen LogP contribution in [0.1, 0.15) is 11.5 Å². The standard InChI is InChI=1S/C16H11FN2O/c17-14-9-6-12(7-10-14)8-11-15-18-19-16(20-15)13-4-2-1-3-5-13/h1-11H/b11-8+. The van der Waals surface area contributed by atoms with Gasteiger partial charge in [0, 0.05) is 11.6 Å². The second-order valence-electron chi connectivity index (χ2n) is 4.20. The van der Waals surface area contributed by atoms with Gasteiger partial charge in [0.1, 0.15) is 5.82 Å². The zero-order valence-corrected chi connectivity index (χ0v) is 10.5. The summed E-state index contributed by atoms with van der Waals surface area (Å²) in [5.41, 5.74) is 1.74. The third kappa shape index (κ3) is 2.80. The van der Waals surface area contributed by atoms with E-state index < -0.39 is 0 Å². The average Bonchev–Trinajstić information content (AvgIpc) is 2.97. The number of nitrogens with zero attached hydrogens (tertiary/aromatic N) is 2. The van der Waals surface area contributed by atoms with Gasteiger partial charge in [-0.25, -0.2) is 4.39 Å². The van der Waals surface area contributed by atoms with Crippen molar-refractivity contribution in [2.24, 2.45) is 0 Å². The second kappa shape index (κ2) is 5.48. The molecule has 3 rings (SSSR count). The molecule has 0 spiro atoms. The molecule has 4 heteroatoms. The van der Waals surface area contributed by atoms with E-state index >= 15 is 0 Å². The predicted octanol–water partition coefficient (Wildman–Crippen LogP) is 4.05. The van der Waals surface area contributed by atoms with Crippen LogP contribution >= 0.6 is 0 Å². The molecular formula is C16H11FN2O. The zero-order chi connectivity index (χ0) is 13.8. The van der Waals surface area contributed by atoms with Gasteiger partial charge in [-0.1, -0.05) is 30.3 Å². The molecule has 3 aromatic rings. The van der Waals surface area contributed by atoms with Crippen LogP contribution in [-0.2, 0) is 0 Å². The smallest absolute Gasteiger partial charge is 0.248 e. The number of hydrogen-bond donors (Lipinski definition) is 0. The van der Waals surface area contributed by atoms with Gasteiger partial charge in [-0.05, 0) is 35.9 Å². The number of rotatable bonds is 3. The molecule has 20 heavy (non-hydrogen) atoms. The van der Waals surface area contributed by atoms with E-state index in [1.807, 2.05) is 30.3 Å². The van der Waals surface area contributed by atoms with Crippen LogP contribution in [-0.4, -0.2) is 10.2 Å². The minimum atomic E-state index is -0.258. The average molecular weight is 266 g/mol. The molecule has 0 saturated heterocycles. The Morgan fingerprint density at radius 3 is 2.35 bits per heavy atom. The summed E-state index contributed by atoms with van der Waals surface area (Å²) in [6.45, 7) is 0. The van der Waals surface area contributed by atoms with Gasteiger partial charge in [0.25, 0.3) is 0 Å². The highest BCUT2D eigenvalue weighted by Crippen LogP contribution is 2.18. The van der Waals surface area contributed by atoms with Gasteiger partial charge in [0.2, 0.25) is 11.8 Å². The molecule has 0 amide bonds. The van der Waals surface area contributed by atoms with Crippen LogP contribution in [0.5, 0.6) is 0 Å². The molecule has 0 unspecified atom stereocenters. The van der Waals surface area contributed by atoms with Crippen molar-refractivity contribution in [3.05, 3.63) is 71.9 Å². The molecule has 3 nitrogen and oxygen atoms in total. The summed E-state index contributed by atoms with van der Waals surface area (Å²) in [6.07, 6.45) is 3.49. The molecule has 98 valence electrons. The Morgan fingerprint density at radius 1 is 0.850 bits per heavy atom. The van der Waals surface area contributed by atoms with Crippen LogP contribution in [0.2, 0.25) is 0 Å². The van der Waals surface area contributed by atoms with Crippen molar-refractivity contribution >= 4 is 12.2 Å². The molecule has 0 aliphatic carbocycles. The van der Waals surface area contributed by atoms with Crippen molar-refractivity contribution in [2.45, 2.75) is 0 Å². The summed E-state index contributed by atoms with van der Waals surface area (Å²) < 4.78 is 18.3. The number of benzene rings is 2. The summed E-state index contributed by atoms with van der Waals surface area (Å²) in [7, 11) is 0. The molecule has 0 aliphatic heterocycles. The highest BCUT2D eigenvalue weighted by molar-refractivity contribution is 5.66. The summed E-state index contributed by atoms with van der Waals surface area (Å²) >= 11 is 0. The number of aromatic nitrogens is 2. The fourth-order valence-corrected chi connectivity index (χ4v) is 1.74. The molecule has 0 aliphatic rings. The van der Waals surface area contributed by atoms with Gasteiger partial charge in [-0.15, -0.1) is 10.2 Å². The molecule has 0 atom stereocenters. The van der Waals surface area contributed by atoms with Crippen molar-refractivity contribution in [3.63, 3.8) is 0 Å². The van der Waals surface area contributed by atoms with E-state index in [0.717, 1.165) is 11.1 Å². The molecule has 1 heterocycles. The normalized spacial score (nSPS) is 11.1. The molecule has 0 radical (unpaired) electrons. The topological polar surface area (TPSA) is 38.9 Å². The lowest BCUT2D eigenvalue weighted by molar-refractivity contribution is 0.558. The van der Waals surface area contributed by atoms with Crippen LogP contribution < -0.4 is 0 Å². The molecule has 0 N–H and O–H groups in total. The lowest BCUT2D eigenvalue weighted by Crippen LogP contribution is -1.75. The monoisotopic (exact) mass is 266 g/mol. The maximum Gasteiger partial charge on any atom is 0.248 e. The first-order valence-electron chi connectivity index (χ1n) is 6.14. The second-order valence-corrected chi connectivity index (χ2v) is 4.20. The third-order valence-corrected chi connectivity index (χ3v) is 2.75. The first-order chi connectivity index (χ1) is 9.81. The van der Waals surface area contributed by atoms with Gasteiger partial charge >= 0.3 is 0 Å². The summed E-state index contributed by atoms with van der Waals surface area (Å²) in [6, 6.07) is 15.7. The fraction of sp³-hybridized carbons (Fsp3) is 0. The first kappa shape index (κ1) is 12.3. The quantitative estimate of drug-likeness (QED) is 0.718. The van der Waals surface area contributed by atoms with Crippen molar-refractivity contribution in [1.29, 1.82) is 0 Å².